The van der Waals surface area contributed by atoms with Crippen molar-refractivity contribution < 1.29 is 19.1 Å². The van der Waals surface area contributed by atoms with Gasteiger partial charge in [-0.05, 0) is 24.3 Å². The summed E-state index contributed by atoms with van der Waals surface area (Å²) in [6, 6.07) is 11.9. The molecular weight excluding hydrogens is 356 g/mol. The standard InChI is InChI=1S/C19H17ClN2O4/c1-22-15-8-4-7-14(19(15)26-11-18(22)25)21-17(24)10-9-16(23)12-5-2-3-6-13(12)20/h2-8H,9-11H2,1H3,(H,21,24). The Morgan fingerprint density at radius 2 is 1.92 bits per heavy atom. The molecule has 0 aliphatic carbocycles. The summed E-state index contributed by atoms with van der Waals surface area (Å²) in [5, 5.41) is 3.11. The summed E-state index contributed by atoms with van der Waals surface area (Å²) >= 11 is 6.00. The number of nitrogens with one attached hydrogen (secondary N) is 1. The number of fused-ring (bicyclic) bond motifs is 1. The number of hydrogen-bond donors (Lipinski definition) is 1. The number of rotatable bonds is 5. The summed E-state index contributed by atoms with van der Waals surface area (Å²) in [6.07, 6.45) is 0.0618. The first-order valence-electron chi connectivity index (χ1n) is 8.07. The number of para-hydroxylation sites is 1. The van der Waals surface area contributed by atoms with Gasteiger partial charge < -0.3 is 15.0 Å². The average molecular weight is 373 g/mol. The zero-order valence-electron chi connectivity index (χ0n) is 14.1. The van der Waals surface area contributed by atoms with Crippen molar-refractivity contribution in [1.82, 2.24) is 0 Å². The Bertz CT molecular complexity index is 882. The van der Waals surface area contributed by atoms with Crippen molar-refractivity contribution >= 4 is 40.6 Å². The minimum atomic E-state index is -0.318. The highest BCUT2D eigenvalue weighted by Gasteiger charge is 2.25. The van der Waals surface area contributed by atoms with E-state index in [9.17, 15) is 14.4 Å². The maximum absolute atomic E-state index is 12.2. The molecule has 134 valence electrons. The van der Waals surface area contributed by atoms with Crippen LogP contribution in [-0.2, 0) is 9.59 Å². The summed E-state index contributed by atoms with van der Waals surface area (Å²) in [5.41, 5.74) is 1.46. The van der Waals surface area contributed by atoms with Gasteiger partial charge in [0.15, 0.2) is 18.1 Å². The summed E-state index contributed by atoms with van der Waals surface area (Å²) < 4.78 is 5.46. The Balaban J connectivity index is 1.65. The molecule has 0 aromatic heterocycles. The van der Waals surface area contributed by atoms with Gasteiger partial charge >= 0.3 is 0 Å². The van der Waals surface area contributed by atoms with Crippen molar-refractivity contribution in [2.75, 3.05) is 23.9 Å². The van der Waals surface area contributed by atoms with Crippen LogP contribution >= 0.6 is 11.6 Å². The third-order valence-corrected chi connectivity index (χ3v) is 4.43. The largest absolute Gasteiger partial charge is 0.479 e. The van der Waals surface area contributed by atoms with Gasteiger partial charge in [0.05, 0.1) is 16.4 Å². The second-order valence-electron chi connectivity index (χ2n) is 5.85. The average Bonchev–Trinajstić information content (AvgIpc) is 2.63. The molecule has 0 spiro atoms. The zero-order chi connectivity index (χ0) is 18.7. The van der Waals surface area contributed by atoms with E-state index < -0.39 is 0 Å². The minimum Gasteiger partial charge on any atom is -0.479 e. The number of ether oxygens (including phenoxy) is 1. The maximum atomic E-state index is 12.2. The van der Waals surface area contributed by atoms with Crippen LogP contribution in [0, 0.1) is 0 Å². The molecular formula is C19H17ClN2O4. The highest BCUT2D eigenvalue weighted by Crippen LogP contribution is 2.38. The number of Topliss-reactive ketones (excluding diaryl/α,β-unsaturated/α-hetero) is 1. The monoisotopic (exact) mass is 372 g/mol. The Labute approximate surface area is 155 Å². The van der Waals surface area contributed by atoms with E-state index in [0.717, 1.165) is 0 Å². The first-order chi connectivity index (χ1) is 12.5. The van der Waals surface area contributed by atoms with Gasteiger partial charge in [-0.25, -0.2) is 0 Å². The maximum Gasteiger partial charge on any atom is 0.264 e. The molecule has 3 rings (SSSR count). The number of nitrogens with zero attached hydrogens (tertiary/aromatic N) is 1. The Morgan fingerprint density at radius 1 is 1.15 bits per heavy atom. The van der Waals surface area contributed by atoms with E-state index in [1.165, 1.54) is 4.90 Å². The van der Waals surface area contributed by atoms with Crippen molar-refractivity contribution in [3.63, 3.8) is 0 Å². The molecule has 0 radical (unpaired) electrons. The van der Waals surface area contributed by atoms with Crippen LogP contribution in [0.4, 0.5) is 11.4 Å². The lowest BCUT2D eigenvalue weighted by Crippen LogP contribution is -2.35. The van der Waals surface area contributed by atoms with Crippen molar-refractivity contribution in [2.24, 2.45) is 0 Å². The molecule has 2 amide bonds. The van der Waals surface area contributed by atoms with E-state index in [2.05, 4.69) is 5.32 Å². The molecule has 0 saturated carbocycles. The number of halogens is 1. The van der Waals surface area contributed by atoms with Crippen LogP contribution in [0.15, 0.2) is 42.5 Å². The minimum absolute atomic E-state index is 0.0164. The number of carbonyl (C=O) groups is 3. The smallest absolute Gasteiger partial charge is 0.264 e. The molecule has 2 aromatic carbocycles. The van der Waals surface area contributed by atoms with Gasteiger partial charge in [0.25, 0.3) is 5.91 Å². The number of carbonyl (C=O) groups excluding carboxylic acids is 3. The van der Waals surface area contributed by atoms with Crippen LogP contribution in [0.2, 0.25) is 5.02 Å². The fourth-order valence-corrected chi connectivity index (χ4v) is 2.91. The molecule has 0 fully saturated rings. The molecule has 1 heterocycles. The van der Waals surface area contributed by atoms with Crippen molar-refractivity contribution in [2.45, 2.75) is 12.8 Å². The van der Waals surface area contributed by atoms with Gasteiger partial charge in [-0.1, -0.05) is 29.8 Å². The van der Waals surface area contributed by atoms with E-state index in [-0.39, 0.29) is 37.0 Å². The van der Waals surface area contributed by atoms with Gasteiger partial charge in [0, 0.05) is 25.5 Å². The summed E-state index contributed by atoms with van der Waals surface area (Å²) in [4.78, 5) is 37.6. The number of hydrogen-bond acceptors (Lipinski definition) is 4. The van der Waals surface area contributed by atoms with E-state index in [1.54, 1.807) is 49.5 Å². The third kappa shape index (κ3) is 3.70. The summed E-state index contributed by atoms with van der Waals surface area (Å²) in [6.45, 7) is -0.0820. The second-order valence-corrected chi connectivity index (χ2v) is 6.25. The molecule has 0 unspecified atom stereocenters. The first kappa shape index (κ1) is 17.9. The molecule has 0 saturated heterocycles. The molecule has 6 nitrogen and oxygen atoms in total. The Hall–Kier alpha value is -2.86. The van der Waals surface area contributed by atoms with Crippen LogP contribution in [0.25, 0.3) is 0 Å². The summed E-state index contributed by atoms with van der Waals surface area (Å²) in [7, 11) is 1.65. The predicted molar refractivity (Wildman–Crippen MR) is 99.0 cm³/mol. The number of ketones is 1. The van der Waals surface area contributed by atoms with Crippen molar-refractivity contribution in [3.8, 4) is 5.75 Å². The second kappa shape index (κ2) is 7.58. The van der Waals surface area contributed by atoms with Crippen LogP contribution in [0.5, 0.6) is 5.75 Å². The summed E-state index contributed by atoms with van der Waals surface area (Å²) in [5.74, 6) is -0.226. The predicted octanol–water partition coefficient (Wildman–Crippen LogP) is 3.30. The van der Waals surface area contributed by atoms with Gasteiger partial charge in [0.1, 0.15) is 0 Å². The molecule has 2 aromatic rings. The number of benzene rings is 2. The van der Waals surface area contributed by atoms with Crippen LogP contribution in [0.1, 0.15) is 23.2 Å². The SMILES string of the molecule is CN1C(=O)COc2c(NC(=O)CCC(=O)c3ccccc3Cl)cccc21. The van der Waals surface area contributed by atoms with E-state index in [1.807, 2.05) is 0 Å². The molecule has 7 heteroatoms. The van der Waals surface area contributed by atoms with Crippen molar-refractivity contribution in [3.05, 3.63) is 53.1 Å². The molecule has 1 N–H and O–H groups in total. The van der Waals surface area contributed by atoms with Crippen LogP contribution < -0.4 is 15.0 Å². The van der Waals surface area contributed by atoms with Gasteiger partial charge in [-0.3, -0.25) is 14.4 Å². The quantitative estimate of drug-likeness (QED) is 0.817. The number of likely N-dealkylation sites (N-methyl/N-ethyl adjacent to an activating group) is 1. The highest BCUT2D eigenvalue weighted by molar-refractivity contribution is 6.34. The van der Waals surface area contributed by atoms with E-state index >= 15 is 0 Å². The molecule has 0 atom stereocenters. The number of amides is 2. The Kier molecular flexibility index (Phi) is 5.23. The lowest BCUT2D eigenvalue weighted by Gasteiger charge is -2.27. The van der Waals surface area contributed by atoms with Gasteiger partial charge in [-0.15, -0.1) is 0 Å². The van der Waals surface area contributed by atoms with Crippen LogP contribution in [0.3, 0.4) is 0 Å². The van der Waals surface area contributed by atoms with E-state index in [4.69, 9.17) is 16.3 Å². The first-order valence-corrected chi connectivity index (χ1v) is 8.45. The topological polar surface area (TPSA) is 75.7 Å². The Morgan fingerprint density at radius 3 is 2.69 bits per heavy atom. The molecule has 26 heavy (non-hydrogen) atoms. The van der Waals surface area contributed by atoms with Crippen molar-refractivity contribution in [1.29, 1.82) is 0 Å². The number of anilines is 2. The fourth-order valence-electron chi connectivity index (χ4n) is 2.67. The normalized spacial score (nSPS) is 13.0. The van der Waals surface area contributed by atoms with Crippen LogP contribution in [-0.4, -0.2) is 31.3 Å². The van der Waals surface area contributed by atoms with Gasteiger partial charge in [0.2, 0.25) is 5.91 Å². The fraction of sp³-hybridized carbons (Fsp3) is 0.211. The van der Waals surface area contributed by atoms with Gasteiger partial charge in [-0.2, -0.15) is 0 Å². The lowest BCUT2D eigenvalue weighted by molar-refractivity contribution is -0.121. The highest BCUT2D eigenvalue weighted by atomic mass is 35.5. The van der Waals surface area contributed by atoms with E-state index in [0.29, 0.717) is 27.7 Å². The zero-order valence-corrected chi connectivity index (χ0v) is 14.9. The molecule has 1 aliphatic heterocycles. The lowest BCUT2D eigenvalue weighted by atomic mass is 10.1. The molecule has 0 bridgehead atoms. The molecule has 1 aliphatic rings. The third-order valence-electron chi connectivity index (χ3n) is 4.10.